The van der Waals surface area contributed by atoms with Crippen molar-refractivity contribution in [2.45, 2.75) is 19.8 Å². The Labute approximate surface area is 130 Å². The van der Waals surface area contributed by atoms with Crippen LogP contribution in [0.25, 0.3) is 10.1 Å². The third-order valence-electron chi connectivity index (χ3n) is 2.99. The van der Waals surface area contributed by atoms with E-state index in [4.69, 9.17) is 0 Å². The Morgan fingerprint density at radius 1 is 1.24 bits per heavy atom. The lowest BCUT2D eigenvalue weighted by Gasteiger charge is -2.04. The number of rotatable bonds is 9. The lowest BCUT2D eigenvalue weighted by Crippen LogP contribution is -2.19. The molecule has 4 nitrogen and oxygen atoms in total. The lowest BCUT2D eigenvalue weighted by atomic mass is 10.2. The van der Waals surface area contributed by atoms with Crippen LogP contribution in [0.2, 0.25) is 0 Å². The van der Waals surface area contributed by atoms with E-state index in [-0.39, 0.29) is 0 Å². The Balaban J connectivity index is 1.58. The molecule has 112 valence electrons. The average Bonchev–Trinajstić information content (AvgIpc) is 2.92. The van der Waals surface area contributed by atoms with Crippen LogP contribution in [-0.2, 0) is 0 Å². The number of anilines is 1. The molecule has 0 fully saturated rings. The van der Waals surface area contributed by atoms with E-state index < -0.39 is 0 Å². The van der Waals surface area contributed by atoms with Crippen molar-refractivity contribution in [3.8, 4) is 0 Å². The molecule has 1 aromatic carbocycles. The molecule has 5 heteroatoms. The van der Waals surface area contributed by atoms with Crippen LogP contribution in [0, 0.1) is 0 Å². The quantitative estimate of drug-likeness (QED) is 0.549. The maximum absolute atomic E-state index is 4.46. The third-order valence-corrected chi connectivity index (χ3v) is 3.82. The van der Waals surface area contributed by atoms with E-state index in [1.54, 1.807) is 11.5 Å². The van der Waals surface area contributed by atoms with Crippen LogP contribution in [0.1, 0.15) is 19.8 Å². The van der Waals surface area contributed by atoms with Gasteiger partial charge in [0.1, 0.15) is 5.82 Å². The highest BCUT2D eigenvalue weighted by Gasteiger charge is 2.03. The smallest absolute Gasteiger partial charge is 0.147 e. The molecule has 0 radical (unpaired) electrons. The predicted octanol–water partition coefficient (Wildman–Crippen LogP) is 3.68. The van der Waals surface area contributed by atoms with Crippen molar-refractivity contribution in [1.82, 2.24) is 9.69 Å². The number of fused-ring (bicyclic) bond motifs is 1. The fourth-order valence-electron chi connectivity index (χ4n) is 1.95. The molecule has 2 rings (SSSR count). The molecule has 1 heterocycles. The van der Waals surface area contributed by atoms with Crippen LogP contribution in [0.5, 0.6) is 0 Å². The summed E-state index contributed by atoms with van der Waals surface area (Å²) in [4.78, 5) is 4.12. The van der Waals surface area contributed by atoms with Crippen molar-refractivity contribution in [3.63, 3.8) is 0 Å². The molecule has 0 aliphatic heterocycles. The fourth-order valence-corrected chi connectivity index (χ4v) is 2.70. The van der Waals surface area contributed by atoms with Crippen LogP contribution >= 0.6 is 11.5 Å². The van der Waals surface area contributed by atoms with Gasteiger partial charge >= 0.3 is 0 Å². The van der Waals surface area contributed by atoms with Gasteiger partial charge < -0.3 is 10.6 Å². The van der Waals surface area contributed by atoms with Crippen molar-refractivity contribution < 1.29 is 0 Å². The summed E-state index contributed by atoms with van der Waals surface area (Å²) >= 11 is 1.55. The van der Waals surface area contributed by atoms with Crippen LogP contribution in [0.3, 0.4) is 0 Å². The second-order valence-corrected chi connectivity index (χ2v) is 5.47. The highest BCUT2D eigenvalue weighted by Crippen LogP contribution is 2.25. The molecule has 0 saturated heterocycles. The van der Waals surface area contributed by atoms with Crippen LogP contribution in [0.4, 0.5) is 5.82 Å². The number of allylic oxidation sites excluding steroid dienone is 1. The number of benzene rings is 1. The average molecular weight is 302 g/mol. The van der Waals surface area contributed by atoms with Crippen LogP contribution < -0.4 is 10.6 Å². The zero-order chi connectivity index (χ0) is 14.8. The number of nitrogens with zero attached hydrogens (tertiary/aromatic N) is 2. The molecule has 0 amide bonds. The number of aromatic nitrogens is 1. The van der Waals surface area contributed by atoms with Gasteiger partial charge in [-0.3, -0.25) is 4.99 Å². The summed E-state index contributed by atoms with van der Waals surface area (Å²) in [6.45, 7) is 4.88. The number of hydrogen-bond acceptors (Lipinski definition) is 5. The van der Waals surface area contributed by atoms with Gasteiger partial charge in [-0.25, -0.2) is 0 Å². The Bertz CT molecular complexity index is 589. The zero-order valence-corrected chi connectivity index (χ0v) is 13.2. The molecule has 0 aliphatic rings. The molecular formula is C16H22N4S. The maximum atomic E-state index is 4.46. The van der Waals surface area contributed by atoms with Gasteiger partial charge in [-0.15, -0.1) is 0 Å². The molecule has 0 unspecified atom stereocenters. The van der Waals surface area contributed by atoms with Gasteiger partial charge in [0.15, 0.2) is 0 Å². The van der Waals surface area contributed by atoms with E-state index in [9.17, 15) is 0 Å². The SMILES string of the molecule is C/C=C\N=CCCNCCCNc1nsc2ccccc12. The summed E-state index contributed by atoms with van der Waals surface area (Å²) in [6, 6.07) is 8.32. The zero-order valence-electron chi connectivity index (χ0n) is 12.4. The summed E-state index contributed by atoms with van der Waals surface area (Å²) in [5.74, 6) is 1.01. The monoisotopic (exact) mass is 302 g/mol. The van der Waals surface area contributed by atoms with Gasteiger partial charge in [0.2, 0.25) is 0 Å². The van der Waals surface area contributed by atoms with Crippen molar-refractivity contribution in [1.29, 1.82) is 0 Å². The minimum Gasteiger partial charge on any atom is -0.369 e. The first-order valence-electron chi connectivity index (χ1n) is 7.33. The molecular weight excluding hydrogens is 280 g/mol. The Kier molecular flexibility index (Phi) is 6.91. The molecule has 0 aliphatic carbocycles. The standard InChI is InChI=1S/C16H22N4S/c1-2-9-17-10-5-11-18-12-6-13-19-16-14-7-3-4-8-15(14)21-20-16/h2-4,7-10,18H,5-6,11-13H2,1H3,(H,19,20)/b9-2-,17-10?. The van der Waals surface area contributed by atoms with Gasteiger partial charge in [0.25, 0.3) is 0 Å². The molecule has 21 heavy (non-hydrogen) atoms. The van der Waals surface area contributed by atoms with E-state index in [0.717, 1.165) is 38.3 Å². The Morgan fingerprint density at radius 3 is 3.05 bits per heavy atom. The molecule has 0 saturated carbocycles. The van der Waals surface area contributed by atoms with E-state index in [2.05, 4.69) is 38.2 Å². The van der Waals surface area contributed by atoms with Crippen molar-refractivity contribution >= 4 is 33.7 Å². The van der Waals surface area contributed by atoms with Crippen molar-refractivity contribution in [2.24, 2.45) is 4.99 Å². The highest BCUT2D eigenvalue weighted by atomic mass is 32.1. The second-order valence-electron chi connectivity index (χ2n) is 4.66. The first-order chi connectivity index (χ1) is 10.4. The Hall–Kier alpha value is -1.72. The minimum absolute atomic E-state index is 0.938. The van der Waals surface area contributed by atoms with Crippen LogP contribution in [0.15, 0.2) is 41.5 Å². The van der Waals surface area contributed by atoms with Gasteiger partial charge in [-0.1, -0.05) is 18.2 Å². The van der Waals surface area contributed by atoms with E-state index in [1.165, 1.54) is 10.1 Å². The fraction of sp³-hybridized carbons (Fsp3) is 0.375. The summed E-state index contributed by atoms with van der Waals surface area (Å²) in [6.07, 6.45) is 7.72. The summed E-state index contributed by atoms with van der Waals surface area (Å²) in [5, 5.41) is 8.03. The normalized spacial score (nSPS) is 11.9. The van der Waals surface area contributed by atoms with Gasteiger partial charge in [-0.2, -0.15) is 4.37 Å². The number of hydrogen-bond donors (Lipinski definition) is 2. The molecule has 2 aromatic rings. The van der Waals surface area contributed by atoms with E-state index in [0.29, 0.717) is 0 Å². The minimum atomic E-state index is 0.938. The van der Waals surface area contributed by atoms with Crippen molar-refractivity contribution in [3.05, 3.63) is 36.5 Å². The molecule has 1 aromatic heterocycles. The third kappa shape index (κ3) is 5.28. The highest BCUT2D eigenvalue weighted by molar-refractivity contribution is 7.13. The van der Waals surface area contributed by atoms with Gasteiger partial charge in [0, 0.05) is 30.9 Å². The lowest BCUT2D eigenvalue weighted by molar-refractivity contribution is 0.675. The first kappa shape index (κ1) is 15.7. The number of aliphatic imine (C=N–C) groups is 1. The van der Waals surface area contributed by atoms with Crippen LogP contribution in [-0.4, -0.2) is 30.2 Å². The summed E-state index contributed by atoms with van der Waals surface area (Å²) in [5.41, 5.74) is 0. The molecule has 0 bridgehead atoms. The molecule has 0 spiro atoms. The first-order valence-corrected chi connectivity index (χ1v) is 8.11. The van der Waals surface area contributed by atoms with Gasteiger partial charge in [0.05, 0.1) is 4.70 Å². The topological polar surface area (TPSA) is 49.3 Å². The molecule has 0 atom stereocenters. The Morgan fingerprint density at radius 2 is 2.14 bits per heavy atom. The van der Waals surface area contributed by atoms with Crippen molar-refractivity contribution in [2.75, 3.05) is 25.0 Å². The molecule has 2 N–H and O–H groups in total. The largest absolute Gasteiger partial charge is 0.369 e. The summed E-state index contributed by atoms with van der Waals surface area (Å²) in [7, 11) is 0. The van der Waals surface area contributed by atoms with E-state index >= 15 is 0 Å². The number of nitrogens with one attached hydrogen (secondary N) is 2. The second kappa shape index (κ2) is 9.26. The van der Waals surface area contributed by atoms with Gasteiger partial charge in [-0.05, 0) is 50.0 Å². The summed E-state index contributed by atoms with van der Waals surface area (Å²) < 4.78 is 5.69. The predicted molar refractivity (Wildman–Crippen MR) is 93.5 cm³/mol. The van der Waals surface area contributed by atoms with E-state index in [1.807, 2.05) is 31.5 Å². The maximum Gasteiger partial charge on any atom is 0.147 e.